The molecule has 138 valence electrons. The summed E-state index contributed by atoms with van der Waals surface area (Å²) in [7, 11) is 0. The molecule has 0 amide bonds. The maximum Gasteiger partial charge on any atom is 0.171 e. The number of unbranched alkanes of at least 4 members (excludes halogenated alkanes) is 1. The van der Waals surface area contributed by atoms with E-state index in [1.807, 2.05) is 23.0 Å². The van der Waals surface area contributed by atoms with Gasteiger partial charge in [-0.1, -0.05) is 39.2 Å². The Morgan fingerprint density at radius 2 is 2.08 bits per heavy atom. The van der Waals surface area contributed by atoms with Gasteiger partial charge in [-0.3, -0.25) is 4.98 Å². The van der Waals surface area contributed by atoms with Crippen molar-refractivity contribution in [3.05, 3.63) is 52.5 Å². The summed E-state index contributed by atoms with van der Waals surface area (Å²) in [6, 6.07) is 6.19. The summed E-state index contributed by atoms with van der Waals surface area (Å²) >= 11 is 3.59. The van der Waals surface area contributed by atoms with E-state index in [9.17, 15) is 0 Å². The summed E-state index contributed by atoms with van der Waals surface area (Å²) in [5.41, 5.74) is 3.16. The minimum Gasteiger partial charge on any atom is -0.366 e. The van der Waals surface area contributed by atoms with Gasteiger partial charge in [0.05, 0.1) is 10.7 Å². The van der Waals surface area contributed by atoms with Gasteiger partial charge in [0.1, 0.15) is 5.82 Å². The summed E-state index contributed by atoms with van der Waals surface area (Å²) in [4.78, 5) is 9.11. The van der Waals surface area contributed by atoms with E-state index in [0.717, 1.165) is 33.6 Å². The van der Waals surface area contributed by atoms with Crippen molar-refractivity contribution in [1.29, 1.82) is 0 Å². The lowest BCUT2D eigenvalue weighted by Gasteiger charge is -2.18. The van der Waals surface area contributed by atoms with E-state index in [1.165, 1.54) is 25.7 Å². The van der Waals surface area contributed by atoms with Crippen molar-refractivity contribution in [2.45, 2.75) is 58.4 Å². The molecule has 1 unspecified atom stereocenters. The van der Waals surface area contributed by atoms with Crippen molar-refractivity contribution in [2.75, 3.05) is 5.32 Å². The van der Waals surface area contributed by atoms with Gasteiger partial charge in [0.15, 0.2) is 5.65 Å². The van der Waals surface area contributed by atoms with Crippen LogP contribution in [0, 0.1) is 0 Å². The van der Waals surface area contributed by atoms with Gasteiger partial charge in [0.2, 0.25) is 0 Å². The Bertz CT molecular complexity index is 831. The maximum atomic E-state index is 4.92. The molecule has 0 saturated carbocycles. The van der Waals surface area contributed by atoms with Gasteiger partial charge < -0.3 is 5.32 Å². The van der Waals surface area contributed by atoms with Gasteiger partial charge in [-0.25, -0.2) is 4.98 Å². The molecule has 3 aromatic rings. The number of aromatic nitrogens is 4. The molecule has 1 atom stereocenters. The van der Waals surface area contributed by atoms with Crippen molar-refractivity contribution in [2.24, 2.45) is 0 Å². The van der Waals surface area contributed by atoms with Crippen LogP contribution >= 0.6 is 15.9 Å². The number of nitrogens with zero attached hydrogens (tertiary/aromatic N) is 4. The highest BCUT2D eigenvalue weighted by Gasteiger charge is 2.17. The average Bonchev–Trinajstić information content (AvgIpc) is 3.05. The molecule has 5 nitrogen and oxygen atoms in total. The summed E-state index contributed by atoms with van der Waals surface area (Å²) in [5.74, 6) is 1.46. The standard InChI is InChI=1S/C20H26BrN5/c1-3-5-9-16(7-4-2)18-11-19(23-13-15-8-6-10-22-12-15)26-20(25-18)17(21)14-24-26/h6,8,10-12,14,16,23H,3-5,7,9,13H2,1-2H3. The number of hydrogen-bond donors (Lipinski definition) is 1. The molecule has 1 N–H and O–H groups in total. The fourth-order valence-electron chi connectivity index (χ4n) is 3.22. The van der Waals surface area contributed by atoms with Gasteiger partial charge in [0, 0.05) is 36.6 Å². The number of fused-ring (bicyclic) bond motifs is 1. The zero-order valence-corrected chi connectivity index (χ0v) is 17.0. The highest BCUT2D eigenvalue weighted by molar-refractivity contribution is 9.10. The lowest BCUT2D eigenvalue weighted by atomic mass is 9.93. The molecule has 0 aromatic carbocycles. The molecule has 3 aromatic heterocycles. The van der Waals surface area contributed by atoms with E-state index in [0.29, 0.717) is 12.5 Å². The van der Waals surface area contributed by atoms with E-state index >= 15 is 0 Å². The second-order valence-electron chi connectivity index (χ2n) is 6.64. The molecule has 0 saturated heterocycles. The lowest BCUT2D eigenvalue weighted by Crippen LogP contribution is -2.10. The Morgan fingerprint density at radius 1 is 1.19 bits per heavy atom. The van der Waals surface area contributed by atoms with Crippen LogP contribution in [0.1, 0.15) is 63.1 Å². The predicted molar refractivity (Wildman–Crippen MR) is 109 cm³/mol. The third-order valence-electron chi connectivity index (χ3n) is 4.61. The van der Waals surface area contributed by atoms with Crippen LogP contribution in [0.2, 0.25) is 0 Å². The lowest BCUT2D eigenvalue weighted by molar-refractivity contribution is 0.530. The van der Waals surface area contributed by atoms with E-state index < -0.39 is 0 Å². The summed E-state index contributed by atoms with van der Waals surface area (Å²) in [6.07, 6.45) is 11.4. The quantitative estimate of drug-likeness (QED) is 0.495. The molecule has 0 fully saturated rings. The van der Waals surface area contributed by atoms with E-state index in [-0.39, 0.29) is 0 Å². The fourth-order valence-corrected chi connectivity index (χ4v) is 3.57. The van der Waals surface area contributed by atoms with Crippen molar-refractivity contribution in [1.82, 2.24) is 19.6 Å². The van der Waals surface area contributed by atoms with Crippen molar-refractivity contribution < 1.29 is 0 Å². The fraction of sp³-hybridized carbons (Fsp3) is 0.450. The van der Waals surface area contributed by atoms with E-state index in [2.05, 4.69) is 57.3 Å². The third kappa shape index (κ3) is 4.41. The van der Waals surface area contributed by atoms with E-state index in [4.69, 9.17) is 4.98 Å². The maximum absolute atomic E-state index is 4.92. The Hall–Kier alpha value is -1.95. The zero-order valence-electron chi connectivity index (χ0n) is 15.5. The normalized spacial score (nSPS) is 12.4. The second kappa shape index (κ2) is 9.12. The largest absolute Gasteiger partial charge is 0.366 e. The van der Waals surface area contributed by atoms with Crippen molar-refractivity contribution in [3.8, 4) is 0 Å². The highest BCUT2D eigenvalue weighted by atomic mass is 79.9. The molecule has 0 bridgehead atoms. The van der Waals surface area contributed by atoms with Crippen LogP contribution in [0.25, 0.3) is 5.65 Å². The molecular weight excluding hydrogens is 390 g/mol. The highest BCUT2D eigenvalue weighted by Crippen LogP contribution is 2.30. The minimum atomic E-state index is 0.491. The average molecular weight is 416 g/mol. The summed E-state index contributed by atoms with van der Waals surface area (Å²) < 4.78 is 2.79. The van der Waals surface area contributed by atoms with Gasteiger partial charge in [-0.15, -0.1) is 0 Å². The monoisotopic (exact) mass is 415 g/mol. The van der Waals surface area contributed by atoms with Crippen LogP contribution in [-0.2, 0) is 6.54 Å². The van der Waals surface area contributed by atoms with Crippen molar-refractivity contribution >= 4 is 27.4 Å². The van der Waals surface area contributed by atoms with Crippen LogP contribution in [0.3, 0.4) is 0 Å². The third-order valence-corrected chi connectivity index (χ3v) is 5.17. The summed E-state index contributed by atoms with van der Waals surface area (Å²) in [6.45, 7) is 5.19. The summed E-state index contributed by atoms with van der Waals surface area (Å²) in [5, 5.41) is 7.98. The molecule has 26 heavy (non-hydrogen) atoms. The smallest absolute Gasteiger partial charge is 0.171 e. The number of hydrogen-bond acceptors (Lipinski definition) is 4. The second-order valence-corrected chi connectivity index (χ2v) is 7.49. The minimum absolute atomic E-state index is 0.491. The molecule has 0 aliphatic carbocycles. The van der Waals surface area contributed by atoms with Crippen LogP contribution in [-0.4, -0.2) is 19.6 Å². The van der Waals surface area contributed by atoms with Gasteiger partial charge in [-0.05, 0) is 40.4 Å². The van der Waals surface area contributed by atoms with Gasteiger partial charge in [-0.2, -0.15) is 9.61 Å². The van der Waals surface area contributed by atoms with E-state index in [1.54, 1.807) is 6.20 Å². The molecular formula is C20H26BrN5. The SMILES string of the molecule is CCCCC(CCC)c1cc(NCc2cccnc2)n2ncc(Br)c2n1. The molecule has 0 spiro atoms. The first-order valence-corrected chi connectivity index (χ1v) is 10.2. The predicted octanol–water partition coefficient (Wildman–Crippen LogP) is 5.57. The van der Waals surface area contributed by atoms with Gasteiger partial charge >= 0.3 is 0 Å². The topological polar surface area (TPSA) is 55.1 Å². The molecule has 6 heteroatoms. The number of pyridine rings is 1. The first-order chi connectivity index (χ1) is 12.7. The first kappa shape index (κ1) is 18.8. The molecule has 3 rings (SSSR count). The zero-order chi connectivity index (χ0) is 18.4. The number of rotatable bonds is 9. The Morgan fingerprint density at radius 3 is 2.81 bits per heavy atom. The number of halogens is 1. The first-order valence-electron chi connectivity index (χ1n) is 9.39. The van der Waals surface area contributed by atoms with Crippen LogP contribution in [0.15, 0.2) is 41.3 Å². The van der Waals surface area contributed by atoms with Gasteiger partial charge in [0.25, 0.3) is 0 Å². The van der Waals surface area contributed by atoms with Crippen LogP contribution in [0.5, 0.6) is 0 Å². The Kier molecular flexibility index (Phi) is 6.61. The molecule has 0 radical (unpaired) electrons. The van der Waals surface area contributed by atoms with Crippen LogP contribution < -0.4 is 5.32 Å². The number of nitrogens with one attached hydrogen (secondary N) is 1. The molecule has 0 aliphatic heterocycles. The Labute approximate surface area is 163 Å². The van der Waals surface area contributed by atoms with Crippen LogP contribution in [0.4, 0.5) is 5.82 Å². The molecule has 3 heterocycles. The Balaban J connectivity index is 1.92. The molecule has 0 aliphatic rings. The van der Waals surface area contributed by atoms with Crippen molar-refractivity contribution in [3.63, 3.8) is 0 Å². The number of anilines is 1.